The highest BCUT2D eigenvalue weighted by molar-refractivity contribution is 7.93. The Hall–Kier alpha value is -1.49. The summed E-state index contributed by atoms with van der Waals surface area (Å²) >= 11 is 0.978. The Labute approximate surface area is 186 Å². The van der Waals surface area contributed by atoms with Crippen LogP contribution in [0, 0.1) is 6.92 Å². The Morgan fingerprint density at radius 3 is 2.03 bits per heavy atom. The summed E-state index contributed by atoms with van der Waals surface area (Å²) < 4.78 is 50.3. The van der Waals surface area contributed by atoms with E-state index in [-0.39, 0.29) is 45.4 Å². The van der Waals surface area contributed by atoms with Crippen LogP contribution < -0.4 is 5.73 Å². The summed E-state index contributed by atoms with van der Waals surface area (Å²) in [6.45, 7) is 2.07. The number of thiazole rings is 1. The third-order valence-electron chi connectivity index (χ3n) is 3.98. The van der Waals surface area contributed by atoms with Crippen molar-refractivity contribution >= 4 is 55.8 Å². The summed E-state index contributed by atoms with van der Waals surface area (Å²) in [7, 11) is -7.52. The van der Waals surface area contributed by atoms with Crippen molar-refractivity contribution in [1.29, 1.82) is 0 Å². The standard InChI is InChI=1S/C18H18N2O4S3.2ClH/c1-12-3-5-13(6-4-12)14-7-15(26(2,21)22)9-16(8-14)27(23,24)18-11-20-17(10-19)25-18;;/h3-9,11H,10,19H2,1-2H3;2*1H. The average molecular weight is 495 g/mol. The summed E-state index contributed by atoms with van der Waals surface area (Å²) in [5.41, 5.74) is 7.80. The summed E-state index contributed by atoms with van der Waals surface area (Å²) in [5, 5.41) is 0.492. The highest BCUT2D eigenvalue weighted by Crippen LogP contribution is 2.32. The maximum absolute atomic E-state index is 13.0. The zero-order chi connectivity index (χ0) is 19.8. The van der Waals surface area contributed by atoms with Gasteiger partial charge in [-0.3, -0.25) is 0 Å². The monoisotopic (exact) mass is 494 g/mol. The first-order chi connectivity index (χ1) is 12.6. The van der Waals surface area contributed by atoms with Crippen molar-refractivity contribution in [3.8, 4) is 11.1 Å². The van der Waals surface area contributed by atoms with Gasteiger partial charge in [-0.1, -0.05) is 29.8 Å². The third kappa shape index (κ3) is 5.56. The molecule has 0 saturated carbocycles. The van der Waals surface area contributed by atoms with Crippen molar-refractivity contribution in [2.45, 2.75) is 27.5 Å². The molecule has 0 radical (unpaired) electrons. The first-order valence-corrected chi connectivity index (χ1v) is 12.1. The number of rotatable bonds is 5. The van der Waals surface area contributed by atoms with Crippen LogP contribution in [0.15, 0.2) is 62.7 Å². The molecule has 0 unspecified atom stereocenters. The number of benzene rings is 2. The molecular weight excluding hydrogens is 475 g/mol. The average Bonchev–Trinajstić information content (AvgIpc) is 3.11. The quantitative estimate of drug-likeness (QED) is 0.579. The van der Waals surface area contributed by atoms with Gasteiger partial charge in [-0.25, -0.2) is 21.8 Å². The number of hydrogen-bond acceptors (Lipinski definition) is 7. The SMILES string of the molecule is Cc1ccc(-c2cc(S(C)(=O)=O)cc(S(=O)(=O)c3cnc(CN)s3)c2)cc1.Cl.Cl. The van der Waals surface area contributed by atoms with Crippen LogP contribution in [0.5, 0.6) is 0 Å². The van der Waals surface area contributed by atoms with Crippen molar-refractivity contribution in [2.24, 2.45) is 5.73 Å². The van der Waals surface area contributed by atoms with Crippen LogP contribution in [-0.4, -0.2) is 28.1 Å². The first kappa shape index (κ1) is 25.5. The van der Waals surface area contributed by atoms with E-state index in [2.05, 4.69) is 4.98 Å². The van der Waals surface area contributed by atoms with Gasteiger partial charge in [0.2, 0.25) is 9.84 Å². The predicted octanol–water partition coefficient (Wildman–Crippen LogP) is 3.66. The molecule has 6 nitrogen and oxygen atoms in total. The van der Waals surface area contributed by atoms with E-state index in [9.17, 15) is 16.8 Å². The van der Waals surface area contributed by atoms with Crippen LogP contribution in [0.1, 0.15) is 10.6 Å². The number of aromatic nitrogens is 1. The highest BCUT2D eigenvalue weighted by Gasteiger charge is 2.24. The Kier molecular flexibility index (Phi) is 8.41. The Balaban J connectivity index is 0.00000210. The van der Waals surface area contributed by atoms with E-state index in [1.54, 1.807) is 0 Å². The molecule has 11 heteroatoms. The lowest BCUT2D eigenvalue weighted by atomic mass is 10.0. The number of sulfone groups is 2. The minimum absolute atomic E-state index is 0. The van der Waals surface area contributed by atoms with Gasteiger partial charge in [0.05, 0.1) is 16.0 Å². The molecular formula is C18H20Cl2N2O4S3. The van der Waals surface area contributed by atoms with Gasteiger partial charge >= 0.3 is 0 Å². The molecule has 29 heavy (non-hydrogen) atoms. The first-order valence-electron chi connectivity index (χ1n) is 7.93. The summed E-state index contributed by atoms with van der Waals surface area (Å²) in [6, 6.07) is 11.6. The van der Waals surface area contributed by atoms with Gasteiger partial charge in [0.25, 0.3) is 0 Å². The van der Waals surface area contributed by atoms with Gasteiger partial charge in [-0.05, 0) is 36.2 Å². The van der Waals surface area contributed by atoms with E-state index in [0.717, 1.165) is 28.7 Å². The van der Waals surface area contributed by atoms with Gasteiger partial charge in [0, 0.05) is 12.8 Å². The Morgan fingerprint density at radius 1 is 0.931 bits per heavy atom. The molecule has 0 bridgehead atoms. The highest BCUT2D eigenvalue weighted by atomic mass is 35.5. The third-order valence-corrected chi connectivity index (χ3v) is 8.28. The fourth-order valence-corrected chi connectivity index (χ4v) is 5.77. The molecule has 1 aromatic heterocycles. The molecule has 0 aliphatic carbocycles. The van der Waals surface area contributed by atoms with Gasteiger partial charge in [-0.15, -0.1) is 36.2 Å². The van der Waals surface area contributed by atoms with Crippen molar-refractivity contribution in [2.75, 3.05) is 6.26 Å². The van der Waals surface area contributed by atoms with E-state index >= 15 is 0 Å². The van der Waals surface area contributed by atoms with E-state index in [1.807, 2.05) is 31.2 Å². The number of nitrogens with two attached hydrogens (primary N) is 1. The Bertz CT molecular complexity index is 1210. The largest absolute Gasteiger partial charge is 0.325 e. The molecule has 0 fully saturated rings. The molecule has 3 rings (SSSR count). The molecule has 0 aliphatic heterocycles. The fourth-order valence-electron chi connectivity index (χ4n) is 2.48. The van der Waals surface area contributed by atoms with Crippen LogP contribution in [-0.2, 0) is 26.2 Å². The molecule has 3 aromatic rings. The zero-order valence-electron chi connectivity index (χ0n) is 15.5. The summed E-state index contributed by atoms with van der Waals surface area (Å²) in [5.74, 6) is 0. The molecule has 2 N–H and O–H groups in total. The molecule has 0 spiro atoms. The fraction of sp³-hybridized carbons (Fsp3) is 0.167. The lowest BCUT2D eigenvalue weighted by molar-refractivity contribution is 0.597. The number of hydrogen-bond donors (Lipinski definition) is 1. The molecule has 158 valence electrons. The maximum atomic E-state index is 13.0. The maximum Gasteiger partial charge on any atom is 0.217 e. The van der Waals surface area contributed by atoms with Gasteiger partial charge in [0.1, 0.15) is 9.22 Å². The lowest BCUT2D eigenvalue weighted by Gasteiger charge is -2.10. The minimum atomic E-state index is -3.91. The molecule has 1 heterocycles. The van der Waals surface area contributed by atoms with Crippen molar-refractivity contribution in [1.82, 2.24) is 4.98 Å². The second-order valence-electron chi connectivity index (χ2n) is 6.11. The van der Waals surface area contributed by atoms with Crippen LogP contribution >= 0.6 is 36.2 Å². The summed E-state index contributed by atoms with van der Waals surface area (Å²) in [4.78, 5) is 3.84. The summed E-state index contributed by atoms with van der Waals surface area (Å²) in [6.07, 6.45) is 2.30. The van der Waals surface area contributed by atoms with Crippen LogP contribution in [0.4, 0.5) is 0 Å². The van der Waals surface area contributed by atoms with Gasteiger partial charge in [-0.2, -0.15) is 0 Å². The van der Waals surface area contributed by atoms with Gasteiger partial charge in [0.15, 0.2) is 9.84 Å². The van der Waals surface area contributed by atoms with Crippen LogP contribution in [0.3, 0.4) is 0 Å². The minimum Gasteiger partial charge on any atom is -0.325 e. The molecule has 0 saturated heterocycles. The van der Waals surface area contributed by atoms with Gasteiger partial charge < -0.3 is 5.73 Å². The van der Waals surface area contributed by atoms with Crippen molar-refractivity contribution in [3.05, 3.63) is 59.2 Å². The number of aryl methyl sites for hydroxylation is 1. The normalized spacial score (nSPS) is 11.4. The second kappa shape index (κ2) is 9.55. The molecule has 0 amide bonds. The molecule has 2 aromatic carbocycles. The molecule has 0 atom stereocenters. The lowest BCUT2D eigenvalue weighted by Crippen LogP contribution is -2.04. The topological polar surface area (TPSA) is 107 Å². The van der Waals surface area contributed by atoms with E-state index in [1.165, 1.54) is 24.4 Å². The second-order valence-corrected chi connectivity index (χ2v) is 11.4. The van der Waals surface area contributed by atoms with Crippen LogP contribution in [0.25, 0.3) is 11.1 Å². The number of nitrogens with zero attached hydrogens (tertiary/aromatic N) is 1. The Morgan fingerprint density at radius 2 is 1.52 bits per heavy atom. The predicted molar refractivity (Wildman–Crippen MR) is 120 cm³/mol. The smallest absolute Gasteiger partial charge is 0.217 e. The molecule has 0 aliphatic rings. The zero-order valence-corrected chi connectivity index (χ0v) is 19.6. The van der Waals surface area contributed by atoms with Crippen molar-refractivity contribution in [3.63, 3.8) is 0 Å². The number of halogens is 2. The van der Waals surface area contributed by atoms with E-state index < -0.39 is 19.7 Å². The van der Waals surface area contributed by atoms with Crippen molar-refractivity contribution < 1.29 is 16.8 Å². The van der Waals surface area contributed by atoms with Crippen LogP contribution in [0.2, 0.25) is 0 Å². The van der Waals surface area contributed by atoms with E-state index in [0.29, 0.717) is 10.6 Å². The van der Waals surface area contributed by atoms with E-state index in [4.69, 9.17) is 5.73 Å².